The summed E-state index contributed by atoms with van der Waals surface area (Å²) in [4.78, 5) is 9.72. The molecule has 0 radical (unpaired) electrons. The molecule has 0 rings (SSSR count). The quantitative estimate of drug-likeness (QED) is 0.338. The van der Waals surface area contributed by atoms with Crippen LogP contribution in [0.2, 0.25) is 0 Å². The minimum absolute atomic E-state index is 0.286. The van der Waals surface area contributed by atoms with Gasteiger partial charge in [-0.05, 0) is 50.9 Å². The van der Waals surface area contributed by atoms with Crippen molar-refractivity contribution in [2.75, 3.05) is 32.7 Å². The molecular formula is C14H35N5O2. The van der Waals surface area contributed by atoms with Crippen molar-refractivity contribution in [1.82, 2.24) is 10.6 Å². The summed E-state index contributed by atoms with van der Waals surface area (Å²) in [7, 11) is 0. The molecule has 0 aromatic carbocycles. The van der Waals surface area contributed by atoms with Crippen molar-refractivity contribution >= 4 is 6.09 Å². The normalized spacial score (nSPS) is 12.3. The van der Waals surface area contributed by atoms with Gasteiger partial charge in [0.15, 0.2) is 0 Å². The molecule has 0 aliphatic rings. The molecular weight excluding hydrogens is 270 g/mol. The highest BCUT2D eigenvalue weighted by Crippen LogP contribution is 2.21. The van der Waals surface area contributed by atoms with Gasteiger partial charge in [-0.15, -0.1) is 0 Å². The summed E-state index contributed by atoms with van der Waals surface area (Å²) in [5, 5.41) is 13.7. The molecule has 0 heterocycles. The van der Waals surface area contributed by atoms with Crippen molar-refractivity contribution in [3.8, 4) is 0 Å². The molecule has 0 aliphatic heterocycles. The first-order chi connectivity index (χ1) is 9.79. The molecule has 0 saturated heterocycles. The average Bonchev–Trinajstić information content (AvgIpc) is 2.37. The Kier molecular flexibility index (Phi) is 15.0. The summed E-state index contributed by atoms with van der Waals surface area (Å²) < 4.78 is 0. The Morgan fingerprint density at radius 1 is 1.05 bits per heavy atom. The second-order valence-electron chi connectivity index (χ2n) is 5.97. The molecule has 0 saturated carbocycles. The lowest BCUT2D eigenvalue weighted by Gasteiger charge is -2.31. The van der Waals surface area contributed by atoms with Crippen LogP contribution < -0.4 is 27.8 Å². The van der Waals surface area contributed by atoms with Gasteiger partial charge in [0.1, 0.15) is 0 Å². The first-order valence-corrected chi connectivity index (χ1v) is 7.60. The van der Waals surface area contributed by atoms with Crippen molar-refractivity contribution < 1.29 is 9.90 Å². The van der Waals surface area contributed by atoms with Crippen molar-refractivity contribution in [2.45, 2.75) is 46.1 Å². The van der Waals surface area contributed by atoms with E-state index in [1.807, 2.05) is 0 Å². The fraction of sp³-hybridized carbons (Fsp3) is 0.929. The number of hydrogen-bond acceptors (Lipinski definition) is 5. The van der Waals surface area contributed by atoms with Gasteiger partial charge in [0.05, 0.1) is 0 Å². The molecule has 0 spiro atoms. The molecule has 7 heteroatoms. The van der Waals surface area contributed by atoms with Crippen molar-refractivity contribution in [3.63, 3.8) is 0 Å². The second-order valence-corrected chi connectivity index (χ2v) is 5.97. The zero-order chi connectivity index (χ0) is 16.7. The molecule has 1 amide bonds. The van der Waals surface area contributed by atoms with Gasteiger partial charge in [-0.25, -0.2) is 4.79 Å². The van der Waals surface area contributed by atoms with Crippen molar-refractivity contribution in [2.24, 2.45) is 22.6 Å². The van der Waals surface area contributed by atoms with Crippen LogP contribution in [-0.2, 0) is 0 Å². The Hall–Kier alpha value is -0.890. The Morgan fingerprint density at radius 3 is 1.95 bits per heavy atom. The molecule has 0 fully saturated rings. The lowest BCUT2D eigenvalue weighted by Crippen LogP contribution is -2.42. The van der Waals surface area contributed by atoms with Crippen LogP contribution in [0.4, 0.5) is 4.79 Å². The Bertz CT molecular complexity index is 244. The van der Waals surface area contributed by atoms with Crippen LogP contribution in [0.1, 0.15) is 40.0 Å². The van der Waals surface area contributed by atoms with Gasteiger partial charge in [0, 0.05) is 12.6 Å². The standard InChI is InChI=1S/C10H25N3.C4H10N2O2/c1-10(2,3)9(5-7-12)13-8-4-6-11;5-2-1-3-6-4(7)8/h9,13H,4-8,11-12H2,1-3H3;6H,1-3,5H2,(H,7,8). The predicted octanol–water partition coefficient (Wildman–Crippen LogP) is 0.291. The van der Waals surface area contributed by atoms with Crippen molar-refractivity contribution in [1.29, 1.82) is 0 Å². The molecule has 1 atom stereocenters. The number of carbonyl (C=O) groups is 1. The summed E-state index contributed by atoms with van der Waals surface area (Å²) in [6, 6.07) is 0.504. The maximum Gasteiger partial charge on any atom is 0.404 e. The summed E-state index contributed by atoms with van der Waals surface area (Å²) in [5.74, 6) is 0. The van der Waals surface area contributed by atoms with E-state index in [0.717, 1.165) is 32.5 Å². The van der Waals surface area contributed by atoms with Gasteiger partial charge in [-0.1, -0.05) is 20.8 Å². The van der Waals surface area contributed by atoms with Crippen LogP contribution in [-0.4, -0.2) is 50.0 Å². The molecule has 1 unspecified atom stereocenters. The van der Waals surface area contributed by atoms with E-state index in [1.54, 1.807) is 0 Å². The third kappa shape index (κ3) is 17.1. The van der Waals surface area contributed by atoms with Gasteiger partial charge >= 0.3 is 6.09 Å². The van der Waals surface area contributed by atoms with Gasteiger partial charge in [0.2, 0.25) is 0 Å². The number of carboxylic acid groups (broad SMARTS) is 1. The fourth-order valence-corrected chi connectivity index (χ4v) is 1.68. The summed E-state index contributed by atoms with van der Waals surface area (Å²) >= 11 is 0. The van der Waals surface area contributed by atoms with Crippen LogP contribution in [0.25, 0.3) is 0 Å². The minimum Gasteiger partial charge on any atom is -0.465 e. The van der Waals surface area contributed by atoms with Crippen LogP contribution in [0.15, 0.2) is 0 Å². The van der Waals surface area contributed by atoms with Crippen LogP contribution in [0, 0.1) is 5.41 Å². The summed E-state index contributed by atoms with van der Waals surface area (Å²) in [5.41, 5.74) is 16.4. The third-order valence-corrected chi connectivity index (χ3v) is 2.93. The summed E-state index contributed by atoms with van der Waals surface area (Å²) in [6.07, 6.45) is 1.79. The minimum atomic E-state index is -0.988. The first-order valence-electron chi connectivity index (χ1n) is 7.60. The van der Waals surface area contributed by atoms with Gasteiger partial charge < -0.3 is 32.9 Å². The Balaban J connectivity index is 0. The second kappa shape index (κ2) is 14.1. The largest absolute Gasteiger partial charge is 0.465 e. The SMILES string of the molecule is CC(C)(C)C(CCN)NCCCN.NCCCNC(=O)O. The van der Waals surface area contributed by atoms with Crippen molar-refractivity contribution in [3.05, 3.63) is 0 Å². The number of rotatable bonds is 9. The highest BCUT2D eigenvalue weighted by molar-refractivity contribution is 5.64. The average molecular weight is 305 g/mol. The van der Waals surface area contributed by atoms with E-state index in [9.17, 15) is 4.79 Å². The fourth-order valence-electron chi connectivity index (χ4n) is 1.68. The molecule has 9 N–H and O–H groups in total. The zero-order valence-electron chi connectivity index (χ0n) is 13.8. The highest BCUT2D eigenvalue weighted by Gasteiger charge is 2.22. The van der Waals surface area contributed by atoms with Gasteiger partial charge in [-0.2, -0.15) is 0 Å². The smallest absolute Gasteiger partial charge is 0.404 e. The van der Waals surface area contributed by atoms with E-state index in [4.69, 9.17) is 22.3 Å². The van der Waals surface area contributed by atoms with Gasteiger partial charge in [0.25, 0.3) is 0 Å². The highest BCUT2D eigenvalue weighted by atomic mass is 16.4. The maximum absolute atomic E-state index is 9.72. The lowest BCUT2D eigenvalue weighted by molar-refractivity contribution is 0.194. The van der Waals surface area contributed by atoms with E-state index in [0.29, 0.717) is 25.6 Å². The number of hydrogen-bond donors (Lipinski definition) is 6. The molecule has 0 aromatic rings. The lowest BCUT2D eigenvalue weighted by atomic mass is 9.85. The van der Waals surface area contributed by atoms with E-state index in [2.05, 4.69) is 31.4 Å². The molecule has 7 nitrogen and oxygen atoms in total. The van der Waals surface area contributed by atoms with Crippen LogP contribution in [0.5, 0.6) is 0 Å². The van der Waals surface area contributed by atoms with Gasteiger partial charge in [-0.3, -0.25) is 0 Å². The number of nitrogens with one attached hydrogen (secondary N) is 2. The third-order valence-electron chi connectivity index (χ3n) is 2.93. The number of nitrogens with two attached hydrogens (primary N) is 3. The first kappa shape index (κ1) is 22.4. The summed E-state index contributed by atoms with van der Waals surface area (Å²) in [6.45, 7) is 10.2. The molecule has 128 valence electrons. The van der Waals surface area contributed by atoms with E-state index >= 15 is 0 Å². The monoisotopic (exact) mass is 305 g/mol. The maximum atomic E-state index is 9.72. The molecule has 0 aliphatic carbocycles. The topological polar surface area (TPSA) is 139 Å². The van der Waals surface area contributed by atoms with Crippen LogP contribution in [0.3, 0.4) is 0 Å². The Labute approximate surface area is 129 Å². The molecule has 0 aromatic heterocycles. The Morgan fingerprint density at radius 2 is 1.57 bits per heavy atom. The number of amides is 1. The van der Waals surface area contributed by atoms with E-state index < -0.39 is 6.09 Å². The zero-order valence-corrected chi connectivity index (χ0v) is 13.8. The predicted molar refractivity (Wildman–Crippen MR) is 88.3 cm³/mol. The van der Waals surface area contributed by atoms with E-state index in [1.165, 1.54) is 0 Å². The van der Waals surface area contributed by atoms with Crippen LogP contribution >= 0.6 is 0 Å². The van der Waals surface area contributed by atoms with E-state index in [-0.39, 0.29) is 5.41 Å². The molecule has 0 bridgehead atoms. The molecule has 21 heavy (non-hydrogen) atoms.